The Hall–Kier alpha value is -7.95. The van der Waals surface area contributed by atoms with E-state index in [2.05, 4.69) is 225 Å². The van der Waals surface area contributed by atoms with E-state index in [1.807, 2.05) is 0 Å². The Labute approximate surface area is 386 Å². The van der Waals surface area contributed by atoms with Crippen LogP contribution in [0.25, 0.3) is 137 Å². The van der Waals surface area contributed by atoms with Crippen molar-refractivity contribution >= 4 is 120 Å². The van der Waals surface area contributed by atoms with Crippen LogP contribution in [0.15, 0.2) is 170 Å². The van der Waals surface area contributed by atoms with Gasteiger partial charge in [0.2, 0.25) is 0 Å². The van der Waals surface area contributed by atoms with Crippen LogP contribution in [-0.2, 0) is 10.8 Å². The lowest BCUT2D eigenvalue weighted by molar-refractivity contribution is 0.591. The summed E-state index contributed by atoms with van der Waals surface area (Å²) in [5.41, 5.74) is 16.7. The lowest BCUT2D eigenvalue weighted by Crippen LogP contribution is -2.11. The summed E-state index contributed by atoms with van der Waals surface area (Å²) in [5, 5.41) is 16.3. The average molecular weight is 859 g/mol. The topological polar surface area (TPSA) is 26.6 Å². The largest absolute Gasteiger partial charge is 0.309 e. The molecule has 0 bridgehead atoms. The Morgan fingerprint density at radius 3 is 1.75 bits per heavy atom. The summed E-state index contributed by atoms with van der Waals surface area (Å²) in [7, 11) is 0. The maximum Gasteiger partial charge on any atom is 0.146 e. The van der Waals surface area contributed by atoms with Gasteiger partial charge in [0.15, 0.2) is 0 Å². The van der Waals surface area contributed by atoms with Crippen molar-refractivity contribution < 1.29 is 0 Å². The Kier molecular flexibility index (Phi) is 6.94. The minimum Gasteiger partial charge on any atom is -0.309 e. The molecule has 0 atom stereocenters. The average Bonchev–Trinajstić information content (AvgIpc) is 4.11. The van der Waals surface area contributed by atoms with Gasteiger partial charge in [-0.1, -0.05) is 133 Å². The Morgan fingerprint density at radius 2 is 0.970 bits per heavy atom. The van der Waals surface area contributed by atoms with Gasteiger partial charge in [0.05, 0.1) is 44.1 Å². The summed E-state index contributed by atoms with van der Waals surface area (Å²) in [4.78, 5) is 5.93. The van der Waals surface area contributed by atoms with Crippen LogP contribution in [0, 0.1) is 0 Å². The fourth-order valence-corrected chi connectivity index (χ4v) is 12.0. The highest BCUT2D eigenvalue weighted by atomic mass is 15.0. The molecule has 0 radical (unpaired) electrons. The van der Waals surface area contributed by atoms with Crippen molar-refractivity contribution in [3.63, 3.8) is 0 Å². The van der Waals surface area contributed by atoms with Crippen LogP contribution in [0.5, 0.6) is 0 Å². The first-order chi connectivity index (χ1) is 32.5. The summed E-state index contributed by atoms with van der Waals surface area (Å²) < 4.78 is 7.48. The molecule has 0 unspecified atom stereocenters. The van der Waals surface area contributed by atoms with E-state index in [1.165, 1.54) is 131 Å². The molecule has 0 aliphatic carbocycles. The van der Waals surface area contributed by atoms with E-state index in [1.54, 1.807) is 0 Å². The molecule has 6 heterocycles. The molecule has 0 amide bonds. The minimum absolute atomic E-state index is 0.0824. The lowest BCUT2D eigenvalue weighted by atomic mass is 9.83. The van der Waals surface area contributed by atoms with Crippen molar-refractivity contribution in [1.82, 2.24) is 18.4 Å². The minimum atomic E-state index is -0.0833. The quantitative estimate of drug-likeness (QED) is 0.170. The molecule has 0 aliphatic heterocycles. The predicted molar refractivity (Wildman–Crippen MR) is 286 cm³/mol. The zero-order valence-electron chi connectivity index (χ0n) is 38.5. The fourth-order valence-electron chi connectivity index (χ4n) is 12.0. The van der Waals surface area contributed by atoms with Crippen molar-refractivity contribution in [2.45, 2.75) is 52.4 Å². The van der Waals surface area contributed by atoms with Crippen LogP contribution in [0.4, 0.5) is 0 Å². The van der Waals surface area contributed by atoms with Gasteiger partial charge in [-0.2, -0.15) is 0 Å². The highest BCUT2D eigenvalue weighted by molar-refractivity contribution is 6.33. The number of rotatable bonds is 2. The van der Waals surface area contributed by atoms with E-state index in [0.29, 0.717) is 0 Å². The Morgan fingerprint density at radius 1 is 0.373 bits per heavy atom. The van der Waals surface area contributed by atoms with E-state index in [-0.39, 0.29) is 10.8 Å². The molecule has 0 fully saturated rings. The van der Waals surface area contributed by atoms with E-state index in [9.17, 15) is 0 Å². The van der Waals surface area contributed by atoms with Gasteiger partial charge in [0.25, 0.3) is 0 Å². The Bertz CT molecular complexity index is 4620. The van der Waals surface area contributed by atoms with E-state index in [0.717, 1.165) is 16.7 Å². The normalized spacial score (nSPS) is 13.2. The van der Waals surface area contributed by atoms with E-state index >= 15 is 0 Å². The number of hydrogen-bond acceptors (Lipinski definition) is 1. The second kappa shape index (κ2) is 12.5. The first kappa shape index (κ1) is 37.3. The van der Waals surface area contributed by atoms with Crippen LogP contribution >= 0.6 is 0 Å². The van der Waals surface area contributed by atoms with Gasteiger partial charge in [-0.3, -0.25) is 4.40 Å². The molecule has 318 valence electrons. The predicted octanol–water partition coefficient (Wildman–Crippen LogP) is 17.0. The third-order valence-electron chi connectivity index (χ3n) is 15.3. The molecule has 15 aromatic rings. The third kappa shape index (κ3) is 4.84. The first-order valence-electron chi connectivity index (χ1n) is 23.7. The van der Waals surface area contributed by atoms with Gasteiger partial charge in [-0.25, -0.2) is 4.98 Å². The van der Waals surface area contributed by atoms with Crippen molar-refractivity contribution in [3.05, 3.63) is 181 Å². The van der Waals surface area contributed by atoms with Crippen molar-refractivity contribution in [2.24, 2.45) is 0 Å². The molecular formula is C63H46N4. The number of nitrogens with zero attached hydrogens (tertiary/aromatic N) is 4. The monoisotopic (exact) mass is 858 g/mol. The van der Waals surface area contributed by atoms with Gasteiger partial charge in [0, 0.05) is 59.7 Å². The third-order valence-corrected chi connectivity index (χ3v) is 15.3. The molecule has 15 rings (SSSR count). The molecule has 67 heavy (non-hydrogen) atoms. The Balaban J connectivity index is 1.13. The molecule has 0 aliphatic rings. The standard InChI is InChI=1S/C63H46N4/c1-62(2,3)39-30-44(38-24-25-53-45(27-38)43-22-14-15-23-52(43)65(53)41-19-8-7-9-20-41)58-48(31-39)49-32-40(63(4,5)6)33-51-57-55(66(58)59(49)51)34-50-56-42-21-13-12-18-37(42)28-47-46-26-35-16-10-11-17-36(35)29-54(46)67(60(47)56)61(50)64-57/h7-34H,1-6H3. The van der Waals surface area contributed by atoms with Crippen LogP contribution in [0.1, 0.15) is 52.7 Å². The van der Waals surface area contributed by atoms with Gasteiger partial charge in [-0.05, 0) is 128 Å². The van der Waals surface area contributed by atoms with Gasteiger partial charge in [0.1, 0.15) is 5.65 Å². The van der Waals surface area contributed by atoms with Crippen molar-refractivity contribution in [1.29, 1.82) is 0 Å². The number of para-hydroxylation sites is 2. The number of hydrogen-bond donors (Lipinski definition) is 0. The summed E-state index contributed by atoms with van der Waals surface area (Å²) in [6.45, 7) is 14.1. The van der Waals surface area contributed by atoms with Crippen LogP contribution in [0.2, 0.25) is 0 Å². The zero-order valence-corrected chi connectivity index (χ0v) is 38.5. The molecule has 0 N–H and O–H groups in total. The number of pyridine rings is 1. The van der Waals surface area contributed by atoms with Crippen LogP contribution in [-0.4, -0.2) is 18.4 Å². The van der Waals surface area contributed by atoms with Crippen LogP contribution < -0.4 is 0 Å². The van der Waals surface area contributed by atoms with E-state index < -0.39 is 0 Å². The zero-order chi connectivity index (χ0) is 44.8. The highest BCUT2D eigenvalue weighted by Gasteiger charge is 2.29. The van der Waals surface area contributed by atoms with Crippen LogP contribution in [0.3, 0.4) is 0 Å². The molecule has 0 saturated heterocycles. The second-order valence-corrected chi connectivity index (χ2v) is 21.2. The van der Waals surface area contributed by atoms with E-state index in [4.69, 9.17) is 4.98 Å². The molecule has 4 heteroatoms. The number of aromatic nitrogens is 4. The van der Waals surface area contributed by atoms with Gasteiger partial charge < -0.3 is 8.97 Å². The van der Waals surface area contributed by atoms with Crippen molar-refractivity contribution in [3.8, 4) is 16.8 Å². The summed E-state index contributed by atoms with van der Waals surface area (Å²) in [6.07, 6.45) is 0. The molecule has 4 nitrogen and oxygen atoms in total. The number of fused-ring (bicyclic) bond motifs is 18. The fraction of sp³-hybridized carbons (Fsp3) is 0.127. The summed E-state index contributed by atoms with van der Waals surface area (Å²) in [5.74, 6) is 0. The molecule has 0 spiro atoms. The molecule has 9 aromatic carbocycles. The first-order valence-corrected chi connectivity index (χ1v) is 23.7. The molecule has 0 saturated carbocycles. The molecular weight excluding hydrogens is 813 g/mol. The second-order valence-electron chi connectivity index (χ2n) is 21.2. The smallest absolute Gasteiger partial charge is 0.146 e. The lowest BCUT2D eigenvalue weighted by Gasteiger charge is -2.22. The number of benzene rings is 9. The summed E-state index contributed by atoms with van der Waals surface area (Å²) in [6, 6.07) is 64.1. The highest BCUT2D eigenvalue weighted by Crippen LogP contribution is 2.49. The van der Waals surface area contributed by atoms with Crippen molar-refractivity contribution in [2.75, 3.05) is 0 Å². The van der Waals surface area contributed by atoms with Gasteiger partial charge in [-0.15, -0.1) is 0 Å². The maximum atomic E-state index is 5.93. The summed E-state index contributed by atoms with van der Waals surface area (Å²) >= 11 is 0. The van der Waals surface area contributed by atoms with Gasteiger partial charge >= 0.3 is 0 Å². The molecule has 6 aromatic heterocycles. The SMILES string of the molecule is CC(C)(C)c1cc(-c2ccc3c(c2)c2ccccc2n3-c2ccccc2)c2c(c1)c1cc(C(C)(C)C)cc3c4nc5c(cc4n2c13)c1c2ccccc2cc2c3cc4ccccc4cc3n5c21. The maximum absolute atomic E-state index is 5.93.